The molecule has 0 bridgehead atoms. The van der Waals surface area contributed by atoms with Crippen molar-refractivity contribution in [2.45, 2.75) is 52.3 Å². The number of ether oxygens (including phenoxy) is 1. The Labute approximate surface area is 173 Å². The van der Waals surface area contributed by atoms with E-state index in [2.05, 4.69) is 15.1 Å². The molecular formula is C21H24N4O3S. The van der Waals surface area contributed by atoms with Crippen molar-refractivity contribution in [3.8, 4) is 0 Å². The zero-order chi connectivity index (χ0) is 21.3. The Hall–Kier alpha value is -2.74. The third-order valence-corrected chi connectivity index (χ3v) is 5.54. The van der Waals surface area contributed by atoms with Crippen molar-refractivity contribution in [1.82, 2.24) is 19.6 Å². The van der Waals surface area contributed by atoms with Crippen LogP contribution in [0, 0.1) is 27.7 Å². The summed E-state index contributed by atoms with van der Waals surface area (Å²) in [4.78, 5) is 33.9. The summed E-state index contributed by atoms with van der Waals surface area (Å²) in [6.07, 6.45) is 1.04. The molecule has 0 spiro atoms. The van der Waals surface area contributed by atoms with Crippen LogP contribution >= 0.6 is 11.8 Å². The first-order chi connectivity index (χ1) is 13.7. The molecule has 3 rings (SSSR count). The van der Waals surface area contributed by atoms with Gasteiger partial charge in [0.05, 0.1) is 6.42 Å². The molecule has 1 aromatic carbocycles. The van der Waals surface area contributed by atoms with Crippen LogP contribution in [0.1, 0.15) is 45.4 Å². The molecule has 2 heterocycles. The van der Waals surface area contributed by atoms with E-state index in [1.54, 1.807) is 17.5 Å². The van der Waals surface area contributed by atoms with Crippen molar-refractivity contribution in [2.75, 3.05) is 6.26 Å². The highest BCUT2D eigenvalue weighted by Gasteiger charge is 2.22. The van der Waals surface area contributed by atoms with Gasteiger partial charge in [0, 0.05) is 22.5 Å². The molecule has 152 valence electrons. The van der Waals surface area contributed by atoms with Crippen LogP contribution in [0.25, 0.3) is 5.78 Å². The fourth-order valence-corrected chi connectivity index (χ4v) is 3.43. The van der Waals surface area contributed by atoms with Gasteiger partial charge in [0.1, 0.15) is 0 Å². The average Bonchev–Trinajstić information content (AvgIpc) is 3.10. The number of Topliss-reactive ketones (excluding diaryl/α,β-unsaturated/α-hetero) is 1. The van der Waals surface area contributed by atoms with Crippen LogP contribution in [0.5, 0.6) is 0 Å². The monoisotopic (exact) mass is 412 g/mol. The third kappa shape index (κ3) is 4.32. The minimum atomic E-state index is -0.864. The number of benzene rings is 1. The van der Waals surface area contributed by atoms with E-state index >= 15 is 0 Å². The molecule has 0 saturated carbocycles. The maximum Gasteiger partial charge on any atom is 0.311 e. The van der Waals surface area contributed by atoms with Gasteiger partial charge in [0.25, 0.3) is 5.78 Å². The van der Waals surface area contributed by atoms with Crippen molar-refractivity contribution < 1.29 is 14.3 Å². The molecular weight excluding hydrogens is 388 g/mol. The number of ketones is 1. The first-order valence-corrected chi connectivity index (χ1v) is 10.5. The predicted octanol–water partition coefficient (Wildman–Crippen LogP) is 3.44. The number of carbonyl (C=O) groups is 2. The van der Waals surface area contributed by atoms with Gasteiger partial charge in [-0.3, -0.25) is 9.59 Å². The predicted molar refractivity (Wildman–Crippen MR) is 112 cm³/mol. The Bertz CT molecular complexity index is 1110. The van der Waals surface area contributed by atoms with Crippen LogP contribution in [0.4, 0.5) is 0 Å². The summed E-state index contributed by atoms with van der Waals surface area (Å²) in [7, 11) is 0. The molecule has 0 amide bonds. The lowest BCUT2D eigenvalue weighted by molar-refractivity contribution is -0.145. The number of aryl methyl sites for hydroxylation is 4. The van der Waals surface area contributed by atoms with E-state index in [0.717, 1.165) is 22.4 Å². The normalized spacial score (nSPS) is 12.2. The van der Waals surface area contributed by atoms with Crippen LogP contribution in [0.15, 0.2) is 23.4 Å². The van der Waals surface area contributed by atoms with Crippen LogP contribution in [0.3, 0.4) is 0 Å². The topological polar surface area (TPSA) is 86.5 Å². The van der Waals surface area contributed by atoms with Crippen LogP contribution in [0.2, 0.25) is 0 Å². The van der Waals surface area contributed by atoms with Gasteiger partial charge in [0.15, 0.2) is 6.10 Å². The number of carbonyl (C=O) groups excluding carboxylic acids is 2. The highest BCUT2D eigenvalue weighted by atomic mass is 32.2. The Morgan fingerprint density at radius 2 is 1.86 bits per heavy atom. The van der Waals surface area contributed by atoms with Crippen molar-refractivity contribution in [1.29, 1.82) is 0 Å². The molecule has 7 nitrogen and oxygen atoms in total. The summed E-state index contributed by atoms with van der Waals surface area (Å²) in [5, 5.41) is 5.00. The van der Waals surface area contributed by atoms with Crippen molar-refractivity contribution in [3.63, 3.8) is 0 Å². The van der Waals surface area contributed by atoms with E-state index in [0.29, 0.717) is 22.2 Å². The molecule has 0 N–H and O–H groups in total. The molecule has 29 heavy (non-hydrogen) atoms. The van der Waals surface area contributed by atoms with Gasteiger partial charge in [-0.05, 0) is 58.1 Å². The maximum absolute atomic E-state index is 12.6. The first-order valence-electron chi connectivity index (χ1n) is 9.29. The summed E-state index contributed by atoms with van der Waals surface area (Å²) in [6.45, 7) is 9.22. The fraction of sp³-hybridized carbons (Fsp3) is 0.381. The van der Waals surface area contributed by atoms with E-state index in [4.69, 9.17) is 4.74 Å². The van der Waals surface area contributed by atoms with Crippen molar-refractivity contribution in [2.24, 2.45) is 0 Å². The summed E-state index contributed by atoms with van der Waals surface area (Å²) in [5.41, 5.74) is 4.88. The van der Waals surface area contributed by atoms with Crippen LogP contribution in [-0.2, 0) is 16.0 Å². The summed E-state index contributed by atoms with van der Waals surface area (Å²) in [5.74, 6) is -0.198. The number of hydrogen-bond donors (Lipinski definition) is 0. The second-order valence-electron chi connectivity index (χ2n) is 7.04. The van der Waals surface area contributed by atoms with E-state index < -0.39 is 12.1 Å². The number of rotatable bonds is 6. The van der Waals surface area contributed by atoms with Gasteiger partial charge in [-0.2, -0.15) is 4.98 Å². The lowest BCUT2D eigenvalue weighted by atomic mass is 10.0. The quantitative estimate of drug-likeness (QED) is 0.348. The molecule has 0 aliphatic rings. The zero-order valence-corrected chi connectivity index (χ0v) is 18.3. The van der Waals surface area contributed by atoms with Gasteiger partial charge in [-0.25, -0.2) is 9.50 Å². The molecule has 0 radical (unpaired) electrons. The van der Waals surface area contributed by atoms with Crippen molar-refractivity contribution >= 4 is 29.3 Å². The standard InChI is InChI=1S/C21H24N4O3S/c1-11-7-8-16(9-12(11)2)19(27)15(5)28-18(26)10-17-13(3)22-20-23-21(29-6)24-25(20)14(17)4/h7-9,15H,10H2,1-6H3/t15-/m1/s1. The number of fused-ring (bicyclic) bond motifs is 1. The van der Waals surface area contributed by atoms with E-state index in [9.17, 15) is 9.59 Å². The zero-order valence-electron chi connectivity index (χ0n) is 17.4. The Kier molecular flexibility index (Phi) is 6.02. The third-order valence-electron chi connectivity index (χ3n) is 5.00. The van der Waals surface area contributed by atoms with E-state index in [1.807, 2.05) is 46.1 Å². The van der Waals surface area contributed by atoms with Gasteiger partial charge in [-0.15, -0.1) is 5.10 Å². The minimum absolute atomic E-state index is 0.0135. The molecule has 0 fully saturated rings. The Morgan fingerprint density at radius 1 is 1.14 bits per heavy atom. The smallest absolute Gasteiger partial charge is 0.311 e. The SMILES string of the molecule is CSc1nc2nc(C)c(CC(=O)O[C@H](C)C(=O)c3ccc(C)c(C)c3)c(C)n2n1. The second-order valence-corrected chi connectivity index (χ2v) is 7.82. The molecule has 0 unspecified atom stereocenters. The Morgan fingerprint density at radius 3 is 2.52 bits per heavy atom. The number of esters is 1. The molecule has 8 heteroatoms. The van der Waals surface area contributed by atoms with Crippen LogP contribution < -0.4 is 0 Å². The lowest BCUT2D eigenvalue weighted by Gasteiger charge is -2.15. The van der Waals surface area contributed by atoms with Gasteiger partial charge < -0.3 is 4.74 Å². The van der Waals surface area contributed by atoms with Gasteiger partial charge in [0.2, 0.25) is 10.9 Å². The molecule has 3 aromatic rings. The minimum Gasteiger partial charge on any atom is -0.454 e. The molecule has 1 atom stereocenters. The molecule has 2 aromatic heterocycles. The van der Waals surface area contributed by atoms with Crippen LogP contribution in [-0.4, -0.2) is 43.7 Å². The number of aromatic nitrogens is 4. The fourth-order valence-electron chi connectivity index (χ4n) is 3.10. The first kappa shape index (κ1) is 21.0. The molecule has 0 aliphatic carbocycles. The summed E-state index contributed by atoms with van der Waals surface area (Å²) in [6, 6.07) is 5.48. The average molecular weight is 413 g/mol. The summed E-state index contributed by atoms with van der Waals surface area (Å²) < 4.78 is 7.05. The number of hydrogen-bond acceptors (Lipinski definition) is 7. The maximum atomic E-state index is 12.6. The largest absolute Gasteiger partial charge is 0.454 e. The highest BCUT2D eigenvalue weighted by Crippen LogP contribution is 2.18. The highest BCUT2D eigenvalue weighted by molar-refractivity contribution is 7.98. The summed E-state index contributed by atoms with van der Waals surface area (Å²) >= 11 is 1.43. The second kappa shape index (κ2) is 8.32. The molecule has 0 saturated heterocycles. The van der Waals surface area contributed by atoms with Gasteiger partial charge >= 0.3 is 5.97 Å². The molecule has 0 aliphatic heterocycles. The van der Waals surface area contributed by atoms with Gasteiger partial charge in [-0.1, -0.05) is 23.9 Å². The number of thioether (sulfide) groups is 1. The Balaban J connectivity index is 1.76. The van der Waals surface area contributed by atoms with E-state index in [1.165, 1.54) is 11.8 Å². The number of nitrogens with zero attached hydrogens (tertiary/aromatic N) is 4. The lowest BCUT2D eigenvalue weighted by Crippen LogP contribution is -2.26. The van der Waals surface area contributed by atoms with Crippen molar-refractivity contribution in [3.05, 3.63) is 51.8 Å². The van der Waals surface area contributed by atoms with E-state index in [-0.39, 0.29) is 12.2 Å².